The van der Waals surface area contributed by atoms with Gasteiger partial charge in [0.25, 0.3) is 0 Å². The van der Waals surface area contributed by atoms with E-state index in [1.165, 1.54) is 31.5 Å². The molecule has 3 aliphatic heterocycles. The van der Waals surface area contributed by atoms with Gasteiger partial charge >= 0.3 is 0 Å². The predicted molar refractivity (Wildman–Crippen MR) is 77.5 cm³/mol. The molecule has 1 amide bonds. The molecular formula is C15H24N4O. The van der Waals surface area contributed by atoms with Crippen LogP contribution in [0.4, 0.5) is 0 Å². The van der Waals surface area contributed by atoms with Crippen LogP contribution in [0.1, 0.15) is 29.8 Å². The highest BCUT2D eigenvalue weighted by Crippen LogP contribution is 2.27. The summed E-state index contributed by atoms with van der Waals surface area (Å²) >= 11 is 0. The van der Waals surface area contributed by atoms with E-state index in [9.17, 15) is 4.79 Å². The number of hydrogen-bond acceptors (Lipinski definition) is 3. The minimum atomic E-state index is 0.0920. The molecule has 5 nitrogen and oxygen atoms in total. The maximum Gasteiger partial charge on any atom is 0.242 e. The Balaban J connectivity index is 1.61. The lowest BCUT2D eigenvalue weighted by atomic mass is 9.84. The molecule has 110 valence electrons. The van der Waals surface area contributed by atoms with Crippen molar-refractivity contribution in [3.63, 3.8) is 0 Å². The second-order valence-electron chi connectivity index (χ2n) is 6.27. The van der Waals surface area contributed by atoms with Crippen molar-refractivity contribution in [2.75, 3.05) is 19.6 Å². The van der Waals surface area contributed by atoms with Gasteiger partial charge in [-0.3, -0.25) is 9.48 Å². The highest BCUT2D eigenvalue weighted by Gasteiger charge is 2.34. The standard InChI is InChI=1S/C15H24N4O/c1-10-11(2)17-19(12(10)3)9-15(20)16-14-8-18-6-4-13(14)5-7-18/h13-14H,4-9H2,1-3H3,(H,16,20). The lowest BCUT2D eigenvalue weighted by molar-refractivity contribution is -0.124. The number of rotatable bonds is 3. The van der Waals surface area contributed by atoms with E-state index in [2.05, 4.69) is 22.2 Å². The number of carbonyl (C=O) groups excluding carboxylic acids is 1. The molecule has 2 bridgehead atoms. The van der Waals surface area contributed by atoms with Gasteiger partial charge in [-0.05, 0) is 58.2 Å². The van der Waals surface area contributed by atoms with Crippen molar-refractivity contribution in [2.24, 2.45) is 5.92 Å². The zero-order valence-electron chi connectivity index (χ0n) is 12.6. The maximum atomic E-state index is 12.2. The summed E-state index contributed by atoms with van der Waals surface area (Å²) in [6.07, 6.45) is 2.45. The number of aromatic nitrogens is 2. The van der Waals surface area contributed by atoms with Gasteiger partial charge in [-0.25, -0.2) is 0 Å². The van der Waals surface area contributed by atoms with E-state index in [0.29, 0.717) is 18.5 Å². The topological polar surface area (TPSA) is 50.2 Å². The molecule has 0 saturated carbocycles. The molecule has 4 rings (SSSR count). The van der Waals surface area contributed by atoms with Crippen molar-refractivity contribution in [1.29, 1.82) is 0 Å². The molecule has 1 aromatic heterocycles. The summed E-state index contributed by atoms with van der Waals surface area (Å²) in [7, 11) is 0. The number of hydrogen-bond donors (Lipinski definition) is 1. The van der Waals surface area contributed by atoms with E-state index >= 15 is 0 Å². The van der Waals surface area contributed by atoms with Crippen LogP contribution < -0.4 is 5.32 Å². The van der Waals surface area contributed by atoms with Gasteiger partial charge in [0.15, 0.2) is 0 Å². The summed E-state index contributed by atoms with van der Waals surface area (Å²) in [6, 6.07) is 0.336. The Morgan fingerprint density at radius 3 is 2.50 bits per heavy atom. The summed E-state index contributed by atoms with van der Waals surface area (Å²) < 4.78 is 1.82. The van der Waals surface area contributed by atoms with Crippen LogP contribution in [0.3, 0.4) is 0 Å². The molecule has 0 spiro atoms. The van der Waals surface area contributed by atoms with E-state index in [-0.39, 0.29) is 5.91 Å². The number of amides is 1. The van der Waals surface area contributed by atoms with Gasteiger partial charge in [0.05, 0.1) is 5.69 Å². The molecule has 3 saturated heterocycles. The Kier molecular flexibility index (Phi) is 3.54. The Hall–Kier alpha value is -1.36. The minimum Gasteiger partial charge on any atom is -0.350 e. The average molecular weight is 276 g/mol. The third-order valence-electron chi connectivity index (χ3n) is 5.04. The van der Waals surface area contributed by atoms with Gasteiger partial charge in [0.2, 0.25) is 5.91 Å². The lowest BCUT2D eigenvalue weighted by Crippen LogP contribution is -2.57. The van der Waals surface area contributed by atoms with E-state index < -0.39 is 0 Å². The van der Waals surface area contributed by atoms with Gasteiger partial charge in [-0.2, -0.15) is 5.10 Å². The normalized spacial score (nSPS) is 28.6. The van der Waals surface area contributed by atoms with Crippen LogP contribution in [-0.4, -0.2) is 46.3 Å². The van der Waals surface area contributed by atoms with Crippen LogP contribution in [-0.2, 0) is 11.3 Å². The van der Waals surface area contributed by atoms with Crippen molar-refractivity contribution in [2.45, 2.75) is 46.2 Å². The smallest absolute Gasteiger partial charge is 0.242 e. The number of carbonyl (C=O) groups is 1. The fourth-order valence-electron chi connectivity index (χ4n) is 3.46. The van der Waals surface area contributed by atoms with Gasteiger partial charge in [0.1, 0.15) is 6.54 Å². The quantitative estimate of drug-likeness (QED) is 0.897. The predicted octanol–water partition coefficient (Wildman–Crippen LogP) is 1.02. The molecule has 20 heavy (non-hydrogen) atoms. The number of nitrogens with zero attached hydrogens (tertiary/aromatic N) is 3. The van der Waals surface area contributed by atoms with Crippen molar-refractivity contribution < 1.29 is 4.79 Å². The first-order chi connectivity index (χ1) is 9.54. The fraction of sp³-hybridized carbons (Fsp3) is 0.733. The first-order valence-corrected chi connectivity index (χ1v) is 7.57. The van der Waals surface area contributed by atoms with Crippen LogP contribution >= 0.6 is 0 Å². The molecule has 5 heteroatoms. The van der Waals surface area contributed by atoms with E-state index in [4.69, 9.17) is 0 Å². The molecule has 0 radical (unpaired) electrons. The Morgan fingerprint density at radius 2 is 2.00 bits per heavy atom. The second-order valence-corrected chi connectivity index (χ2v) is 6.27. The third kappa shape index (κ3) is 2.46. The number of nitrogens with one attached hydrogen (secondary N) is 1. The van der Waals surface area contributed by atoms with Crippen molar-refractivity contribution in [3.8, 4) is 0 Å². The van der Waals surface area contributed by atoms with Gasteiger partial charge < -0.3 is 10.2 Å². The van der Waals surface area contributed by atoms with Crippen molar-refractivity contribution in [3.05, 3.63) is 17.0 Å². The Labute approximate surface area is 120 Å². The largest absolute Gasteiger partial charge is 0.350 e. The van der Waals surface area contributed by atoms with Gasteiger partial charge in [0, 0.05) is 18.3 Å². The lowest BCUT2D eigenvalue weighted by Gasteiger charge is -2.44. The Morgan fingerprint density at radius 1 is 1.30 bits per heavy atom. The van der Waals surface area contributed by atoms with Crippen molar-refractivity contribution in [1.82, 2.24) is 20.0 Å². The summed E-state index contributed by atoms with van der Waals surface area (Å²) in [5.41, 5.74) is 3.28. The second kappa shape index (κ2) is 5.20. The SMILES string of the molecule is Cc1nn(CC(=O)NC2CN3CCC2CC3)c(C)c1C. The molecule has 1 atom stereocenters. The van der Waals surface area contributed by atoms with E-state index in [0.717, 1.165) is 17.9 Å². The van der Waals surface area contributed by atoms with Crippen LogP contribution in [0.5, 0.6) is 0 Å². The number of piperidine rings is 3. The highest BCUT2D eigenvalue weighted by molar-refractivity contribution is 5.76. The van der Waals surface area contributed by atoms with Gasteiger partial charge in [-0.1, -0.05) is 0 Å². The zero-order valence-corrected chi connectivity index (χ0v) is 12.6. The first kappa shape index (κ1) is 13.6. The molecule has 0 aliphatic carbocycles. The maximum absolute atomic E-state index is 12.2. The summed E-state index contributed by atoms with van der Waals surface area (Å²) in [5.74, 6) is 0.764. The molecule has 1 N–H and O–H groups in total. The zero-order chi connectivity index (χ0) is 14.3. The summed E-state index contributed by atoms with van der Waals surface area (Å²) in [5, 5.41) is 7.65. The molecule has 1 aromatic rings. The summed E-state index contributed by atoms with van der Waals surface area (Å²) in [4.78, 5) is 14.7. The fourth-order valence-corrected chi connectivity index (χ4v) is 3.46. The third-order valence-corrected chi connectivity index (χ3v) is 5.04. The highest BCUT2D eigenvalue weighted by atomic mass is 16.2. The first-order valence-electron chi connectivity index (χ1n) is 7.57. The van der Waals surface area contributed by atoms with Crippen molar-refractivity contribution >= 4 is 5.91 Å². The molecular weight excluding hydrogens is 252 g/mol. The van der Waals surface area contributed by atoms with Crippen LogP contribution in [0.2, 0.25) is 0 Å². The number of fused-ring (bicyclic) bond motifs is 3. The van der Waals surface area contributed by atoms with Crippen LogP contribution in [0.15, 0.2) is 0 Å². The molecule has 3 aliphatic rings. The van der Waals surface area contributed by atoms with Crippen LogP contribution in [0.25, 0.3) is 0 Å². The van der Waals surface area contributed by atoms with Gasteiger partial charge in [-0.15, -0.1) is 0 Å². The molecule has 0 aromatic carbocycles. The van der Waals surface area contributed by atoms with E-state index in [1.807, 2.05) is 18.5 Å². The number of aryl methyl sites for hydroxylation is 1. The summed E-state index contributed by atoms with van der Waals surface area (Å²) in [6.45, 7) is 9.83. The Bertz CT molecular complexity index is 514. The van der Waals surface area contributed by atoms with Crippen LogP contribution in [0, 0.1) is 26.7 Å². The minimum absolute atomic E-state index is 0.0920. The van der Waals surface area contributed by atoms with E-state index in [1.54, 1.807) is 0 Å². The monoisotopic (exact) mass is 276 g/mol. The average Bonchev–Trinajstić information content (AvgIpc) is 2.67. The molecule has 4 heterocycles. The molecule has 3 fully saturated rings. The molecule has 1 unspecified atom stereocenters.